The molecule has 0 atom stereocenters. The molecule has 3 aromatic rings. The lowest BCUT2D eigenvalue weighted by atomic mass is 10.1. The Hall–Kier alpha value is -4.88. The molecular formula is C26H21ClN4O6. The van der Waals surface area contributed by atoms with E-state index < -0.39 is 16.7 Å². The molecule has 3 rings (SSSR count). The van der Waals surface area contributed by atoms with Crippen LogP contribution in [0.25, 0.3) is 6.08 Å². The number of carbonyl (C=O) groups is 2. The molecule has 2 N–H and O–H groups in total. The van der Waals surface area contributed by atoms with Gasteiger partial charge >= 0.3 is 0 Å². The standard InChI is InChI=1S/C26H21ClN4O6/c1-2-36-24-13-17(10-11-23(24)37-16-25(32)30-22-9-4-3-8-21(22)27)12-18(15-28)26(33)29-19-6-5-7-20(14-19)31(34)35/h3-14H,2,16H2,1H3,(H,29,33)(H,30,32)/b18-12-. The number of nitrogens with zero attached hydrogens (tertiary/aromatic N) is 2. The molecule has 11 heteroatoms. The predicted octanol–water partition coefficient (Wildman–Crippen LogP) is 5.21. The van der Waals surface area contributed by atoms with Crippen molar-refractivity contribution < 1.29 is 24.0 Å². The number of nitrogens with one attached hydrogen (secondary N) is 2. The van der Waals surface area contributed by atoms with Gasteiger partial charge in [0.2, 0.25) is 0 Å². The van der Waals surface area contributed by atoms with Gasteiger partial charge in [0.15, 0.2) is 18.1 Å². The lowest BCUT2D eigenvalue weighted by Gasteiger charge is -2.13. The van der Waals surface area contributed by atoms with E-state index in [1.807, 2.05) is 6.07 Å². The fourth-order valence-electron chi connectivity index (χ4n) is 3.11. The maximum Gasteiger partial charge on any atom is 0.271 e. The van der Waals surface area contributed by atoms with Gasteiger partial charge in [-0.1, -0.05) is 35.9 Å². The molecule has 10 nitrogen and oxygen atoms in total. The van der Waals surface area contributed by atoms with Gasteiger partial charge in [0, 0.05) is 17.8 Å². The Morgan fingerprint density at radius 1 is 1.05 bits per heavy atom. The second-order valence-corrected chi connectivity index (χ2v) is 7.79. The minimum absolute atomic E-state index is 0.175. The predicted molar refractivity (Wildman–Crippen MR) is 139 cm³/mol. The quantitative estimate of drug-likeness (QED) is 0.161. The number of nitro groups is 1. The third-order valence-electron chi connectivity index (χ3n) is 4.77. The molecule has 37 heavy (non-hydrogen) atoms. The first-order valence-corrected chi connectivity index (χ1v) is 11.3. The molecule has 0 aliphatic heterocycles. The number of benzene rings is 3. The van der Waals surface area contributed by atoms with Crippen molar-refractivity contribution >= 4 is 46.6 Å². The second kappa shape index (κ2) is 12.7. The van der Waals surface area contributed by atoms with E-state index in [1.54, 1.807) is 49.4 Å². The Morgan fingerprint density at radius 3 is 2.54 bits per heavy atom. The Bertz CT molecular complexity index is 1400. The van der Waals surface area contributed by atoms with Crippen LogP contribution in [-0.2, 0) is 9.59 Å². The number of ether oxygens (including phenoxy) is 2. The number of halogens is 1. The van der Waals surface area contributed by atoms with Gasteiger partial charge < -0.3 is 20.1 Å². The van der Waals surface area contributed by atoms with Crippen LogP contribution in [0.5, 0.6) is 11.5 Å². The van der Waals surface area contributed by atoms with Crippen LogP contribution in [0.4, 0.5) is 17.1 Å². The zero-order chi connectivity index (χ0) is 26.8. The molecule has 0 fully saturated rings. The van der Waals surface area contributed by atoms with Crippen molar-refractivity contribution in [3.63, 3.8) is 0 Å². The summed E-state index contributed by atoms with van der Waals surface area (Å²) in [6, 6.07) is 18.7. The Labute approximate surface area is 217 Å². The molecular weight excluding hydrogens is 500 g/mol. The maximum atomic E-state index is 12.6. The number of para-hydroxylation sites is 1. The highest BCUT2D eigenvalue weighted by Gasteiger charge is 2.14. The summed E-state index contributed by atoms with van der Waals surface area (Å²) in [5.74, 6) is -0.576. The molecule has 0 bridgehead atoms. The van der Waals surface area contributed by atoms with E-state index in [2.05, 4.69) is 10.6 Å². The Kier molecular flexibility index (Phi) is 9.18. The molecule has 188 valence electrons. The molecule has 0 aromatic heterocycles. The van der Waals surface area contributed by atoms with Crippen LogP contribution >= 0.6 is 11.6 Å². The van der Waals surface area contributed by atoms with Gasteiger partial charge in [0.05, 0.1) is 22.2 Å². The molecule has 2 amide bonds. The number of nitriles is 1. The van der Waals surface area contributed by atoms with Crippen LogP contribution in [-0.4, -0.2) is 30.0 Å². The third-order valence-corrected chi connectivity index (χ3v) is 5.09. The van der Waals surface area contributed by atoms with Gasteiger partial charge in [-0.25, -0.2) is 0 Å². The van der Waals surface area contributed by atoms with Crippen LogP contribution in [0.3, 0.4) is 0 Å². The molecule has 0 aliphatic rings. The topological polar surface area (TPSA) is 144 Å². The molecule has 0 heterocycles. The van der Waals surface area contributed by atoms with E-state index >= 15 is 0 Å². The zero-order valence-corrected chi connectivity index (χ0v) is 20.3. The van der Waals surface area contributed by atoms with Crippen molar-refractivity contribution in [1.82, 2.24) is 0 Å². The molecule has 0 spiro atoms. The van der Waals surface area contributed by atoms with Crippen LogP contribution in [0, 0.1) is 21.4 Å². The fraction of sp³-hybridized carbons (Fsp3) is 0.115. The normalized spacial score (nSPS) is 10.7. The molecule has 0 aliphatic carbocycles. The number of hydrogen-bond donors (Lipinski definition) is 2. The van der Waals surface area contributed by atoms with E-state index in [4.69, 9.17) is 21.1 Å². The maximum absolute atomic E-state index is 12.6. The van der Waals surface area contributed by atoms with E-state index in [0.29, 0.717) is 28.6 Å². The average molecular weight is 521 g/mol. The van der Waals surface area contributed by atoms with E-state index in [0.717, 1.165) is 0 Å². The smallest absolute Gasteiger partial charge is 0.271 e. The van der Waals surface area contributed by atoms with E-state index in [-0.39, 0.29) is 29.3 Å². The Morgan fingerprint density at radius 2 is 1.84 bits per heavy atom. The number of non-ortho nitro benzene ring substituents is 1. The van der Waals surface area contributed by atoms with Gasteiger partial charge in [0.25, 0.3) is 17.5 Å². The first-order chi connectivity index (χ1) is 17.8. The summed E-state index contributed by atoms with van der Waals surface area (Å²) in [4.78, 5) is 35.2. The molecule has 0 saturated heterocycles. The number of amides is 2. The van der Waals surface area contributed by atoms with E-state index in [1.165, 1.54) is 30.3 Å². The summed E-state index contributed by atoms with van der Waals surface area (Å²) in [6.45, 7) is 1.76. The van der Waals surface area contributed by atoms with Gasteiger partial charge in [-0.2, -0.15) is 5.26 Å². The highest BCUT2D eigenvalue weighted by Crippen LogP contribution is 2.30. The Balaban J connectivity index is 1.73. The summed E-state index contributed by atoms with van der Waals surface area (Å²) in [6.07, 6.45) is 1.34. The first-order valence-electron chi connectivity index (χ1n) is 10.9. The van der Waals surface area contributed by atoms with Gasteiger partial charge in [-0.05, 0) is 48.9 Å². The SMILES string of the molecule is CCOc1cc(/C=C(/C#N)C(=O)Nc2cccc([N+](=O)[O-])c2)ccc1OCC(=O)Nc1ccccc1Cl. The number of anilines is 2. The summed E-state index contributed by atoms with van der Waals surface area (Å²) < 4.78 is 11.2. The third kappa shape index (κ3) is 7.55. The first kappa shape index (κ1) is 26.7. The largest absolute Gasteiger partial charge is 0.490 e. The number of hydrogen-bond acceptors (Lipinski definition) is 7. The molecule has 0 saturated carbocycles. The van der Waals surface area contributed by atoms with Crippen molar-refractivity contribution in [3.8, 4) is 17.6 Å². The van der Waals surface area contributed by atoms with Crippen molar-refractivity contribution in [2.75, 3.05) is 23.8 Å². The van der Waals surface area contributed by atoms with Crippen molar-refractivity contribution in [3.05, 3.63) is 93.0 Å². The average Bonchev–Trinajstić information content (AvgIpc) is 2.88. The van der Waals surface area contributed by atoms with Crippen molar-refractivity contribution in [2.45, 2.75) is 6.92 Å². The van der Waals surface area contributed by atoms with Crippen molar-refractivity contribution in [2.24, 2.45) is 0 Å². The van der Waals surface area contributed by atoms with Gasteiger partial charge in [-0.3, -0.25) is 19.7 Å². The fourth-order valence-corrected chi connectivity index (χ4v) is 3.29. The van der Waals surface area contributed by atoms with Crippen LogP contribution in [0.1, 0.15) is 12.5 Å². The monoisotopic (exact) mass is 520 g/mol. The van der Waals surface area contributed by atoms with Gasteiger partial charge in [-0.15, -0.1) is 0 Å². The van der Waals surface area contributed by atoms with Crippen LogP contribution in [0.2, 0.25) is 5.02 Å². The zero-order valence-electron chi connectivity index (χ0n) is 19.6. The summed E-state index contributed by atoms with van der Waals surface area (Å²) in [7, 11) is 0. The second-order valence-electron chi connectivity index (χ2n) is 7.39. The number of rotatable bonds is 10. The highest BCUT2D eigenvalue weighted by atomic mass is 35.5. The lowest BCUT2D eigenvalue weighted by Crippen LogP contribution is -2.20. The summed E-state index contributed by atoms with van der Waals surface area (Å²) >= 11 is 6.05. The van der Waals surface area contributed by atoms with Crippen molar-refractivity contribution in [1.29, 1.82) is 5.26 Å². The molecule has 0 radical (unpaired) electrons. The lowest BCUT2D eigenvalue weighted by molar-refractivity contribution is -0.384. The van der Waals surface area contributed by atoms with Crippen LogP contribution < -0.4 is 20.1 Å². The van der Waals surface area contributed by atoms with E-state index in [9.17, 15) is 25.0 Å². The highest BCUT2D eigenvalue weighted by molar-refractivity contribution is 6.33. The number of nitro benzene ring substituents is 1. The minimum atomic E-state index is -0.738. The minimum Gasteiger partial charge on any atom is -0.490 e. The molecule has 3 aromatic carbocycles. The summed E-state index contributed by atoms with van der Waals surface area (Å²) in [5.41, 5.74) is 0.659. The summed E-state index contributed by atoms with van der Waals surface area (Å²) in [5, 5.41) is 26.0. The van der Waals surface area contributed by atoms with Crippen LogP contribution in [0.15, 0.2) is 72.3 Å². The number of carbonyl (C=O) groups excluding carboxylic acids is 2. The molecule has 0 unspecified atom stereocenters. The van der Waals surface area contributed by atoms with Gasteiger partial charge in [0.1, 0.15) is 11.6 Å².